The molecule has 0 radical (unpaired) electrons. The van der Waals surface area contributed by atoms with Crippen molar-refractivity contribution in [3.05, 3.63) is 77.9 Å². The van der Waals surface area contributed by atoms with Crippen molar-refractivity contribution in [2.75, 3.05) is 19.6 Å². The van der Waals surface area contributed by atoms with E-state index in [2.05, 4.69) is 16.6 Å². The van der Waals surface area contributed by atoms with Crippen LogP contribution in [0.15, 0.2) is 66.7 Å². The minimum absolute atomic E-state index is 0.0397. The highest BCUT2D eigenvalue weighted by molar-refractivity contribution is 7.22. The van der Waals surface area contributed by atoms with E-state index in [-0.39, 0.29) is 23.4 Å². The van der Waals surface area contributed by atoms with Crippen LogP contribution in [0, 0.1) is 0 Å². The zero-order valence-electron chi connectivity index (χ0n) is 20.1. The number of thiophene rings is 1. The Hall–Kier alpha value is -3.89. The number of carbonyl (C=O) groups is 2. The number of fused-ring (bicyclic) bond motifs is 1. The molecule has 1 aliphatic rings. The predicted molar refractivity (Wildman–Crippen MR) is 137 cm³/mol. The van der Waals surface area contributed by atoms with Gasteiger partial charge in [-0.25, -0.2) is 4.79 Å². The average molecular weight is 542 g/mol. The molecule has 5 rings (SSSR count). The fourth-order valence-electron chi connectivity index (χ4n) is 4.23. The highest BCUT2D eigenvalue weighted by Gasteiger charge is 2.41. The molecular weight excluding hydrogens is 519 g/mol. The minimum Gasteiger partial charge on any atom is -0.508 e. The van der Waals surface area contributed by atoms with Crippen LogP contribution in [0.3, 0.4) is 0 Å². The number of alkyl halides is 3. The number of carbonyl (C=O) groups excluding carboxylic acids is 2. The number of likely N-dealkylation sites (N-methyl/N-ethyl adjacent to an activating group) is 1. The van der Waals surface area contributed by atoms with Crippen molar-refractivity contribution in [3.8, 4) is 27.7 Å². The number of phenolic OH excluding ortho intramolecular Hbond substituents is 1. The molecule has 0 saturated carbocycles. The first kappa shape index (κ1) is 25.7. The summed E-state index contributed by atoms with van der Waals surface area (Å²) in [5, 5.41) is 10.6. The molecule has 1 N–H and O–H groups in total. The van der Waals surface area contributed by atoms with Gasteiger partial charge in [0.05, 0.1) is 0 Å². The van der Waals surface area contributed by atoms with Crippen molar-refractivity contribution in [1.82, 2.24) is 4.90 Å². The van der Waals surface area contributed by atoms with E-state index in [0.717, 1.165) is 19.6 Å². The van der Waals surface area contributed by atoms with Crippen LogP contribution >= 0.6 is 11.3 Å². The summed E-state index contributed by atoms with van der Waals surface area (Å²) in [6.07, 6.45) is -4.99. The second-order valence-electron chi connectivity index (χ2n) is 8.84. The lowest BCUT2D eigenvalue weighted by atomic mass is 9.97. The summed E-state index contributed by atoms with van der Waals surface area (Å²) in [5.41, 5.74) is 1.38. The predicted octanol–water partition coefficient (Wildman–Crippen LogP) is 6.06. The molecule has 4 aromatic rings. The highest BCUT2D eigenvalue weighted by Crippen LogP contribution is 2.41. The van der Waals surface area contributed by atoms with Gasteiger partial charge in [0.15, 0.2) is 5.78 Å². The van der Waals surface area contributed by atoms with E-state index < -0.39 is 12.1 Å². The summed E-state index contributed by atoms with van der Waals surface area (Å²) >= 11 is 1.26. The molecule has 1 fully saturated rings. The monoisotopic (exact) mass is 541 g/mol. The maximum absolute atomic E-state index is 13.7. The van der Waals surface area contributed by atoms with Gasteiger partial charge in [-0.1, -0.05) is 6.92 Å². The van der Waals surface area contributed by atoms with Crippen molar-refractivity contribution in [2.45, 2.75) is 19.2 Å². The Kier molecular flexibility index (Phi) is 6.85. The Morgan fingerprint density at radius 1 is 1.00 bits per heavy atom. The second kappa shape index (κ2) is 10.1. The third-order valence-corrected chi connectivity index (χ3v) is 7.45. The number of hydrogen-bond acceptors (Lipinski definition) is 7. The highest BCUT2D eigenvalue weighted by atomic mass is 32.1. The van der Waals surface area contributed by atoms with Crippen molar-refractivity contribution < 1.29 is 37.3 Å². The quantitative estimate of drug-likeness (QED) is 0.174. The second-order valence-corrected chi connectivity index (χ2v) is 9.90. The number of aromatic hydroxyl groups is 1. The SMILES string of the molecule is CCN1CC(Oc2ccc(C(=O)c3c(-c4ccc(OC(=O)C(F)(F)F)cc4)sc4cc(O)ccc34)cc2)C1. The van der Waals surface area contributed by atoms with Crippen molar-refractivity contribution in [3.63, 3.8) is 0 Å². The third kappa shape index (κ3) is 5.23. The summed E-state index contributed by atoms with van der Waals surface area (Å²) in [6.45, 7) is 4.80. The molecule has 196 valence electrons. The van der Waals surface area contributed by atoms with Crippen LogP contribution in [0.1, 0.15) is 22.8 Å². The largest absolute Gasteiger partial charge is 0.508 e. The Balaban J connectivity index is 1.44. The lowest BCUT2D eigenvalue weighted by Crippen LogP contribution is -2.53. The van der Waals surface area contributed by atoms with E-state index in [0.29, 0.717) is 37.4 Å². The molecule has 0 amide bonds. The molecule has 6 nitrogen and oxygen atoms in total. The van der Waals surface area contributed by atoms with Crippen LogP contribution in [0.5, 0.6) is 17.2 Å². The molecule has 0 aliphatic carbocycles. The number of halogens is 3. The zero-order valence-corrected chi connectivity index (χ0v) is 20.9. The standard InChI is InChI=1S/C28H22F3NO5S/c1-2-32-14-21(15-32)36-19-8-3-16(4-9-19)25(34)24-22-12-7-18(33)13-23(22)38-26(24)17-5-10-20(11-6-17)37-27(35)28(29,30)31/h3-13,21,33H,2,14-15H2,1H3. The van der Waals surface area contributed by atoms with Gasteiger partial charge in [-0.3, -0.25) is 9.69 Å². The molecule has 1 aliphatic heterocycles. The number of ketones is 1. The number of nitrogens with zero attached hydrogens (tertiary/aromatic N) is 1. The molecular formula is C28H22F3NO5S. The van der Waals surface area contributed by atoms with Gasteiger partial charge in [-0.05, 0) is 78.8 Å². The average Bonchev–Trinajstić information content (AvgIpc) is 3.24. The molecule has 1 saturated heterocycles. The first-order valence-electron chi connectivity index (χ1n) is 11.8. The summed E-state index contributed by atoms with van der Waals surface area (Å²) in [6, 6.07) is 17.0. The third-order valence-electron chi connectivity index (χ3n) is 6.25. The Morgan fingerprint density at radius 2 is 1.66 bits per heavy atom. The summed E-state index contributed by atoms with van der Waals surface area (Å²) < 4.78 is 48.6. The molecule has 3 aromatic carbocycles. The first-order valence-corrected chi connectivity index (χ1v) is 12.6. The van der Waals surface area contributed by atoms with Crippen molar-refractivity contribution in [1.29, 1.82) is 0 Å². The normalized spacial score (nSPS) is 14.3. The van der Waals surface area contributed by atoms with Gasteiger partial charge >= 0.3 is 12.1 Å². The maximum atomic E-state index is 13.7. The van der Waals surface area contributed by atoms with Gasteiger partial charge in [0.25, 0.3) is 0 Å². The number of likely N-dealkylation sites (tertiary alicyclic amines) is 1. The van der Waals surface area contributed by atoms with E-state index in [1.54, 1.807) is 36.4 Å². The number of phenols is 1. The van der Waals surface area contributed by atoms with Gasteiger partial charge in [-0.2, -0.15) is 13.2 Å². The van der Waals surface area contributed by atoms with Gasteiger partial charge in [-0.15, -0.1) is 11.3 Å². The van der Waals surface area contributed by atoms with Gasteiger partial charge in [0.2, 0.25) is 0 Å². The lowest BCUT2D eigenvalue weighted by molar-refractivity contribution is -0.189. The molecule has 0 unspecified atom stereocenters. The van der Waals surface area contributed by atoms with Crippen LogP contribution in [0.4, 0.5) is 13.2 Å². The molecule has 0 bridgehead atoms. The topological polar surface area (TPSA) is 76.1 Å². The summed E-state index contributed by atoms with van der Waals surface area (Å²) in [7, 11) is 0. The summed E-state index contributed by atoms with van der Waals surface area (Å²) in [4.78, 5) is 27.7. The molecule has 10 heteroatoms. The molecule has 2 heterocycles. The number of ether oxygens (including phenoxy) is 2. The molecule has 0 atom stereocenters. The van der Waals surface area contributed by atoms with E-state index in [1.165, 1.54) is 41.7 Å². The van der Waals surface area contributed by atoms with Crippen LogP contribution in [0.25, 0.3) is 20.5 Å². The van der Waals surface area contributed by atoms with Crippen LogP contribution < -0.4 is 9.47 Å². The van der Waals surface area contributed by atoms with Gasteiger partial charge in [0, 0.05) is 39.2 Å². The first-order chi connectivity index (χ1) is 18.1. The van der Waals surface area contributed by atoms with E-state index in [9.17, 15) is 27.9 Å². The summed E-state index contributed by atoms with van der Waals surface area (Å²) in [5.74, 6) is -2.13. The van der Waals surface area contributed by atoms with E-state index >= 15 is 0 Å². The fourth-order valence-corrected chi connectivity index (χ4v) is 5.47. The number of benzene rings is 3. The fraction of sp³-hybridized carbons (Fsp3) is 0.214. The number of rotatable bonds is 7. The zero-order chi connectivity index (χ0) is 27.0. The number of esters is 1. The Morgan fingerprint density at radius 3 is 2.29 bits per heavy atom. The van der Waals surface area contributed by atoms with Crippen molar-refractivity contribution >= 4 is 33.2 Å². The molecule has 0 spiro atoms. The van der Waals surface area contributed by atoms with Crippen LogP contribution in [-0.2, 0) is 4.79 Å². The Bertz CT molecular complexity index is 1490. The van der Waals surface area contributed by atoms with Crippen LogP contribution in [-0.4, -0.2) is 53.7 Å². The van der Waals surface area contributed by atoms with E-state index in [4.69, 9.17) is 4.74 Å². The molecule has 38 heavy (non-hydrogen) atoms. The lowest BCUT2D eigenvalue weighted by Gasteiger charge is -2.38. The number of hydrogen-bond donors (Lipinski definition) is 1. The maximum Gasteiger partial charge on any atom is 0.491 e. The van der Waals surface area contributed by atoms with Crippen LogP contribution in [0.2, 0.25) is 0 Å². The minimum atomic E-state index is -5.11. The van der Waals surface area contributed by atoms with E-state index in [1.807, 2.05) is 0 Å². The van der Waals surface area contributed by atoms with Gasteiger partial charge in [0.1, 0.15) is 23.4 Å². The smallest absolute Gasteiger partial charge is 0.491 e. The van der Waals surface area contributed by atoms with Gasteiger partial charge < -0.3 is 14.6 Å². The molecule has 1 aromatic heterocycles. The van der Waals surface area contributed by atoms with Crippen molar-refractivity contribution in [2.24, 2.45) is 0 Å². The Labute approximate surface area is 219 Å².